The molecule has 3 nitrogen and oxygen atoms in total. The third-order valence-electron chi connectivity index (χ3n) is 13.2. The van der Waals surface area contributed by atoms with E-state index >= 15 is 0 Å². The van der Waals surface area contributed by atoms with E-state index in [9.17, 15) is 0 Å². The Morgan fingerprint density at radius 2 is 0.529 bits per heavy atom. The van der Waals surface area contributed by atoms with Crippen LogP contribution < -0.4 is 0 Å². The molecule has 0 aliphatic carbocycles. The fourth-order valence-corrected chi connectivity index (χ4v) is 9.87. The van der Waals surface area contributed by atoms with Gasteiger partial charge in [0.25, 0.3) is 0 Å². The number of rotatable bonds is 8. The molecule has 0 radical (unpaired) electrons. The molecule has 0 fully saturated rings. The molecular weight excluding hydrogens is 823 g/mol. The minimum atomic E-state index is 0.608. The van der Waals surface area contributed by atoms with E-state index in [0.29, 0.717) is 17.5 Å². The van der Waals surface area contributed by atoms with Crippen molar-refractivity contribution in [2.24, 2.45) is 0 Å². The van der Waals surface area contributed by atoms with Crippen LogP contribution in [-0.2, 0) is 0 Å². The fraction of sp³-hybridized carbons (Fsp3) is 0.0308. The Balaban J connectivity index is 1.02. The highest BCUT2D eigenvalue weighted by molar-refractivity contribution is 6.00. The second-order valence-corrected chi connectivity index (χ2v) is 17.8. The second kappa shape index (κ2) is 17.2. The average Bonchev–Trinajstić information content (AvgIpc) is 3.40. The van der Waals surface area contributed by atoms with E-state index in [1.165, 1.54) is 65.7 Å². The monoisotopic (exact) mass is 867 g/mol. The maximum Gasteiger partial charge on any atom is 0.164 e. The minimum Gasteiger partial charge on any atom is -0.208 e. The van der Waals surface area contributed by atoms with Crippen LogP contribution >= 0.6 is 0 Å². The fourth-order valence-electron chi connectivity index (χ4n) is 9.87. The van der Waals surface area contributed by atoms with Crippen molar-refractivity contribution < 1.29 is 0 Å². The van der Waals surface area contributed by atoms with Gasteiger partial charge in [0.15, 0.2) is 17.5 Å². The summed E-state index contributed by atoms with van der Waals surface area (Å²) >= 11 is 0. The Labute approximate surface area is 396 Å². The maximum atomic E-state index is 5.33. The lowest BCUT2D eigenvalue weighted by Crippen LogP contribution is -2.01. The molecule has 11 aromatic carbocycles. The van der Waals surface area contributed by atoms with Crippen LogP contribution in [0.25, 0.3) is 122 Å². The van der Waals surface area contributed by atoms with Gasteiger partial charge in [-0.25, -0.2) is 15.0 Å². The van der Waals surface area contributed by atoms with Crippen LogP contribution in [0.4, 0.5) is 0 Å². The minimum absolute atomic E-state index is 0.608. The van der Waals surface area contributed by atoms with Crippen LogP contribution in [0.15, 0.2) is 237 Å². The molecule has 68 heavy (non-hydrogen) atoms. The summed E-state index contributed by atoms with van der Waals surface area (Å²) in [6.45, 7) is 4.32. The Kier molecular flexibility index (Phi) is 10.3. The molecule has 0 amide bonds. The molecule has 12 rings (SSSR count). The summed E-state index contributed by atoms with van der Waals surface area (Å²) in [6.07, 6.45) is 0. The van der Waals surface area contributed by atoms with Gasteiger partial charge in [0, 0.05) is 16.7 Å². The lowest BCUT2D eigenvalue weighted by Gasteiger charge is -2.14. The van der Waals surface area contributed by atoms with E-state index in [4.69, 9.17) is 15.0 Å². The number of benzene rings is 11. The number of hydrogen-bond acceptors (Lipinski definition) is 3. The SMILES string of the molecule is Cc1cc(C)cc(-c2ccc(-c3cc(-c4nc(-c5ccc(-c6cccc7ccccc67)cc5)nc(-c5ccc(-c6cccc7ccccc67)cc5)n4)cc(-c4cccc5ccccc45)c3)cc2)c1. The number of hydrogen-bond donors (Lipinski definition) is 0. The third kappa shape index (κ3) is 7.80. The molecular formula is C65H45N3. The van der Waals surface area contributed by atoms with Crippen LogP contribution in [0.5, 0.6) is 0 Å². The zero-order chi connectivity index (χ0) is 45.6. The van der Waals surface area contributed by atoms with Gasteiger partial charge in [-0.15, -0.1) is 0 Å². The van der Waals surface area contributed by atoms with Crippen molar-refractivity contribution in [1.82, 2.24) is 15.0 Å². The van der Waals surface area contributed by atoms with Crippen molar-refractivity contribution in [1.29, 1.82) is 0 Å². The average molecular weight is 868 g/mol. The van der Waals surface area contributed by atoms with Gasteiger partial charge in [-0.1, -0.05) is 230 Å². The van der Waals surface area contributed by atoms with Crippen molar-refractivity contribution in [2.75, 3.05) is 0 Å². The van der Waals surface area contributed by atoms with E-state index in [0.717, 1.165) is 50.1 Å². The van der Waals surface area contributed by atoms with Crippen molar-refractivity contribution in [3.05, 3.63) is 248 Å². The molecule has 0 spiro atoms. The summed E-state index contributed by atoms with van der Waals surface area (Å²) in [4.78, 5) is 15.9. The van der Waals surface area contributed by atoms with Gasteiger partial charge in [0.2, 0.25) is 0 Å². The Morgan fingerprint density at radius 3 is 0.971 bits per heavy atom. The summed E-state index contributed by atoms with van der Waals surface area (Å²) in [5.74, 6) is 1.83. The van der Waals surface area contributed by atoms with Gasteiger partial charge in [-0.05, 0) is 120 Å². The standard InChI is InChI=1S/C65H45N3/c1-42-36-43(2)38-53(37-42)44-24-26-45(27-25-44)54-39-55(62-23-11-17-48-14-5-8-20-59(48)62)41-56(40-54)65-67-63(51-32-28-49(29-33-51)60-21-9-15-46-12-3-6-18-57(46)60)66-64(68-65)52-34-30-50(31-35-52)61-22-10-16-47-13-4-7-19-58(47)61/h3-41H,1-2H3. The van der Waals surface area contributed by atoms with E-state index in [1.54, 1.807) is 0 Å². The molecule has 1 aromatic heterocycles. The molecule has 0 aliphatic rings. The first-order chi connectivity index (χ1) is 33.5. The topological polar surface area (TPSA) is 38.7 Å². The molecule has 0 saturated carbocycles. The van der Waals surface area contributed by atoms with Crippen LogP contribution in [0.1, 0.15) is 11.1 Å². The molecule has 3 heteroatoms. The highest BCUT2D eigenvalue weighted by Gasteiger charge is 2.17. The van der Waals surface area contributed by atoms with Gasteiger partial charge in [-0.3, -0.25) is 0 Å². The van der Waals surface area contributed by atoms with E-state index in [1.807, 2.05) is 0 Å². The Morgan fingerprint density at radius 1 is 0.221 bits per heavy atom. The van der Waals surface area contributed by atoms with Gasteiger partial charge in [0.05, 0.1) is 0 Å². The molecule has 12 aromatic rings. The van der Waals surface area contributed by atoms with Crippen LogP contribution in [-0.4, -0.2) is 15.0 Å². The lowest BCUT2D eigenvalue weighted by atomic mass is 9.92. The van der Waals surface area contributed by atoms with Crippen molar-refractivity contribution in [3.63, 3.8) is 0 Å². The Bertz CT molecular complexity index is 3670. The molecule has 0 atom stereocenters. The van der Waals surface area contributed by atoms with Crippen molar-refractivity contribution in [3.8, 4) is 89.8 Å². The summed E-state index contributed by atoms with van der Waals surface area (Å²) in [5, 5.41) is 7.27. The van der Waals surface area contributed by atoms with E-state index < -0.39 is 0 Å². The molecule has 0 unspecified atom stereocenters. The van der Waals surface area contributed by atoms with Gasteiger partial charge in [0.1, 0.15) is 0 Å². The summed E-state index contributed by atoms with van der Waals surface area (Å²) < 4.78 is 0. The van der Waals surface area contributed by atoms with Crippen LogP contribution in [0, 0.1) is 13.8 Å². The zero-order valence-corrected chi connectivity index (χ0v) is 37.9. The largest absolute Gasteiger partial charge is 0.208 e. The first kappa shape index (κ1) is 40.7. The second-order valence-electron chi connectivity index (χ2n) is 17.8. The predicted octanol–water partition coefficient (Wildman–Crippen LogP) is 17.3. The first-order valence-corrected chi connectivity index (χ1v) is 23.2. The summed E-state index contributed by atoms with van der Waals surface area (Å²) in [5.41, 5.74) is 16.8. The normalized spacial score (nSPS) is 11.4. The quantitative estimate of drug-likeness (QED) is 0.153. The lowest BCUT2D eigenvalue weighted by molar-refractivity contribution is 1.07. The molecule has 0 saturated heterocycles. The van der Waals surface area contributed by atoms with E-state index in [-0.39, 0.29) is 0 Å². The number of fused-ring (bicyclic) bond motifs is 3. The molecule has 0 aliphatic heterocycles. The van der Waals surface area contributed by atoms with Crippen LogP contribution in [0.2, 0.25) is 0 Å². The maximum absolute atomic E-state index is 5.33. The van der Waals surface area contributed by atoms with Crippen molar-refractivity contribution >= 4 is 32.3 Å². The Hall–Kier alpha value is -8.79. The third-order valence-corrected chi connectivity index (χ3v) is 13.2. The summed E-state index contributed by atoms with van der Waals surface area (Å²) in [7, 11) is 0. The van der Waals surface area contributed by atoms with Crippen molar-refractivity contribution in [2.45, 2.75) is 13.8 Å². The highest BCUT2D eigenvalue weighted by atomic mass is 15.0. The number of aryl methyl sites for hydroxylation is 2. The number of nitrogens with zero attached hydrogens (tertiary/aromatic N) is 3. The summed E-state index contributed by atoms with van der Waals surface area (Å²) in [6, 6.07) is 84.9. The van der Waals surface area contributed by atoms with Gasteiger partial charge in [-0.2, -0.15) is 0 Å². The zero-order valence-electron chi connectivity index (χ0n) is 37.9. The van der Waals surface area contributed by atoms with Crippen LogP contribution in [0.3, 0.4) is 0 Å². The first-order valence-electron chi connectivity index (χ1n) is 23.2. The molecule has 0 bridgehead atoms. The molecule has 320 valence electrons. The smallest absolute Gasteiger partial charge is 0.164 e. The number of aromatic nitrogens is 3. The van der Waals surface area contributed by atoms with Gasteiger partial charge < -0.3 is 0 Å². The van der Waals surface area contributed by atoms with Gasteiger partial charge >= 0.3 is 0 Å². The highest BCUT2D eigenvalue weighted by Crippen LogP contribution is 2.38. The molecule has 1 heterocycles. The van der Waals surface area contributed by atoms with E-state index in [2.05, 4.69) is 250 Å². The predicted molar refractivity (Wildman–Crippen MR) is 285 cm³/mol. The molecule has 0 N–H and O–H groups in total.